The van der Waals surface area contributed by atoms with E-state index in [1.807, 2.05) is 38.1 Å². The molecule has 4 N–H and O–H groups in total. The quantitative estimate of drug-likeness (QED) is 0.453. The van der Waals surface area contributed by atoms with Crippen LogP contribution in [0.2, 0.25) is 0 Å². The molecule has 0 aliphatic carbocycles. The van der Waals surface area contributed by atoms with Gasteiger partial charge in [-0.25, -0.2) is 4.79 Å². The fourth-order valence-electron chi connectivity index (χ4n) is 3.81. The standard InChI is InChI=1S/C25H27N3O5/c1-14-8-15(2)10-19(9-14)17-6-5-7-18(11-17)20(12-21(29)30)26-25(33)27-22-23(31)16(3)13-28(4)24(22)32/h5-11,13,20,31H,12H2,1-4H3,(H,29,30)(H2,26,27,33). The van der Waals surface area contributed by atoms with E-state index in [1.54, 1.807) is 19.1 Å². The van der Waals surface area contributed by atoms with Crippen LogP contribution in [-0.4, -0.2) is 26.8 Å². The third-order valence-corrected chi connectivity index (χ3v) is 5.30. The molecule has 2 aromatic carbocycles. The number of benzene rings is 2. The average molecular weight is 450 g/mol. The van der Waals surface area contributed by atoms with Gasteiger partial charge in [0, 0.05) is 18.8 Å². The summed E-state index contributed by atoms with van der Waals surface area (Å²) in [4.78, 5) is 36.5. The van der Waals surface area contributed by atoms with Crippen LogP contribution >= 0.6 is 0 Å². The maximum atomic E-state index is 12.7. The fourth-order valence-corrected chi connectivity index (χ4v) is 3.81. The van der Waals surface area contributed by atoms with E-state index in [4.69, 9.17) is 0 Å². The number of carbonyl (C=O) groups excluding carboxylic acids is 1. The number of hydrogen-bond donors (Lipinski definition) is 4. The first-order chi connectivity index (χ1) is 15.5. The summed E-state index contributed by atoms with van der Waals surface area (Å²) in [6.07, 6.45) is 1.09. The van der Waals surface area contributed by atoms with E-state index in [1.165, 1.54) is 17.8 Å². The van der Waals surface area contributed by atoms with E-state index in [-0.39, 0.29) is 17.9 Å². The Labute approximate surface area is 191 Å². The molecule has 172 valence electrons. The summed E-state index contributed by atoms with van der Waals surface area (Å²) in [6.45, 7) is 5.61. The molecule has 0 aliphatic rings. The zero-order chi connectivity index (χ0) is 24.3. The van der Waals surface area contributed by atoms with Crippen LogP contribution in [0.5, 0.6) is 5.75 Å². The number of rotatable bonds is 6. The van der Waals surface area contributed by atoms with Crippen molar-refractivity contribution in [1.29, 1.82) is 0 Å². The van der Waals surface area contributed by atoms with Crippen molar-refractivity contribution in [1.82, 2.24) is 9.88 Å². The van der Waals surface area contributed by atoms with Crippen LogP contribution in [-0.2, 0) is 11.8 Å². The number of nitrogens with zero attached hydrogens (tertiary/aromatic N) is 1. The molecule has 1 heterocycles. The molecule has 0 spiro atoms. The van der Waals surface area contributed by atoms with Gasteiger partial charge < -0.3 is 25.4 Å². The summed E-state index contributed by atoms with van der Waals surface area (Å²) in [7, 11) is 1.50. The Morgan fingerprint density at radius 3 is 2.33 bits per heavy atom. The summed E-state index contributed by atoms with van der Waals surface area (Å²) in [6, 6.07) is 11.8. The Hall–Kier alpha value is -4.07. The molecule has 0 radical (unpaired) electrons. The Morgan fingerprint density at radius 1 is 1.03 bits per heavy atom. The van der Waals surface area contributed by atoms with Gasteiger partial charge in [0.05, 0.1) is 12.5 Å². The monoisotopic (exact) mass is 449 g/mol. The number of hydrogen-bond acceptors (Lipinski definition) is 4. The topological polar surface area (TPSA) is 121 Å². The number of aromatic nitrogens is 1. The van der Waals surface area contributed by atoms with E-state index in [0.29, 0.717) is 11.1 Å². The van der Waals surface area contributed by atoms with Crippen LogP contribution in [0.15, 0.2) is 53.5 Å². The first-order valence-corrected chi connectivity index (χ1v) is 10.4. The van der Waals surface area contributed by atoms with Crippen LogP contribution < -0.4 is 16.2 Å². The Bertz CT molecular complexity index is 1260. The largest absolute Gasteiger partial charge is 0.505 e. The Kier molecular flexibility index (Phi) is 6.86. The molecule has 0 aliphatic heterocycles. The van der Waals surface area contributed by atoms with Crippen molar-refractivity contribution in [3.63, 3.8) is 0 Å². The van der Waals surface area contributed by atoms with Crippen LogP contribution in [0.3, 0.4) is 0 Å². The average Bonchev–Trinajstić information content (AvgIpc) is 2.74. The third kappa shape index (κ3) is 5.60. The van der Waals surface area contributed by atoms with Crippen LogP contribution in [0.25, 0.3) is 11.1 Å². The predicted molar refractivity (Wildman–Crippen MR) is 127 cm³/mol. The first-order valence-electron chi connectivity index (χ1n) is 10.4. The molecule has 3 rings (SSSR count). The predicted octanol–water partition coefficient (Wildman–Crippen LogP) is 4.02. The van der Waals surface area contributed by atoms with E-state index in [0.717, 1.165) is 22.3 Å². The van der Waals surface area contributed by atoms with Crippen LogP contribution in [0, 0.1) is 20.8 Å². The van der Waals surface area contributed by atoms with Gasteiger partial charge in [0.15, 0.2) is 5.69 Å². The van der Waals surface area contributed by atoms with Gasteiger partial charge in [-0.3, -0.25) is 9.59 Å². The number of carboxylic acids is 1. The maximum Gasteiger partial charge on any atom is 0.319 e. The zero-order valence-electron chi connectivity index (χ0n) is 19.0. The van der Waals surface area contributed by atoms with Crippen molar-refractivity contribution in [2.45, 2.75) is 33.2 Å². The smallest absolute Gasteiger partial charge is 0.319 e. The lowest BCUT2D eigenvalue weighted by molar-refractivity contribution is -0.137. The molecule has 0 fully saturated rings. The van der Waals surface area contributed by atoms with Crippen molar-refractivity contribution in [3.05, 3.63) is 81.3 Å². The van der Waals surface area contributed by atoms with Gasteiger partial charge in [0.2, 0.25) is 0 Å². The fraction of sp³-hybridized carbons (Fsp3) is 0.240. The number of amides is 2. The number of carboxylic acid groups (broad SMARTS) is 1. The minimum atomic E-state index is -1.09. The molecular weight excluding hydrogens is 422 g/mol. The molecule has 0 bridgehead atoms. The van der Waals surface area contributed by atoms with E-state index < -0.39 is 23.6 Å². The van der Waals surface area contributed by atoms with E-state index in [2.05, 4.69) is 16.7 Å². The van der Waals surface area contributed by atoms with Crippen molar-refractivity contribution in [2.75, 3.05) is 5.32 Å². The zero-order valence-corrected chi connectivity index (χ0v) is 19.0. The van der Waals surface area contributed by atoms with Gasteiger partial charge in [-0.2, -0.15) is 0 Å². The molecule has 1 aromatic heterocycles. The Balaban J connectivity index is 1.90. The molecular formula is C25H27N3O5. The highest BCUT2D eigenvalue weighted by Crippen LogP contribution is 2.27. The van der Waals surface area contributed by atoms with Gasteiger partial charge >= 0.3 is 12.0 Å². The highest BCUT2D eigenvalue weighted by Gasteiger charge is 2.21. The lowest BCUT2D eigenvalue weighted by atomic mass is 9.96. The normalized spacial score (nSPS) is 11.6. The molecule has 8 heteroatoms. The Morgan fingerprint density at radius 2 is 1.70 bits per heavy atom. The molecule has 8 nitrogen and oxygen atoms in total. The number of anilines is 1. The highest BCUT2D eigenvalue weighted by molar-refractivity contribution is 5.91. The third-order valence-electron chi connectivity index (χ3n) is 5.30. The molecule has 3 aromatic rings. The second-order valence-corrected chi connectivity index (χ2v) is 8.20. The minimum absolute atomic E-state index is 0.270. The summed E-state index contributed by atoms with van der Waals surface area (Å²) in [5, 5.41) is 24.6. The summed E-state index contributed by atoms with van der Waals surface area (Å²) >= 11 is 0. The molecule has 2 amide bonds. The van der Waals surface area contributed by atoms with Crippen molar-refractivity contribution in [3.8, 4) is 16.9 Å². The summed E-state index contributed by atoms with van der Waals surface area (Å²) in [5.41, 5.74) is 4.25. The molecule has 1 unspecified atom stereocenters. The first kappa shape index (κ1) is 23.6. The minimum Gasteiger partial charge on any atom is -0.505 e. The molecule has 0 saturated carbocycles. The summed E-state index contributed by atoms with van der Waals surface area (Å²) in [5.74, 6) is -1.42. The number of aliphatic carboxylic acids is 1. The SMILES string of the molecule is Cc1cc(C)cc(-c2cccc(C(CC(=O)O)NC(=O)Nc3c(O)c(C)cn(C)c3=O)c2)c1. The molecule has 1 atom stereocenters. The van der Waals surface area contributed by atoms with Gasteiger partial charge in [0.25, 0.3) is 5.56 Å². The maximum absolute atomic E-state index is 12.7. The number of urea groups is 1. The van der Waals surface area contributed by atoms with Gasteiger partial charge in [0.1, 0.15) is 5.75 Å². The van der Waals surface area contributed by atoms with Crippen LogP contribution in [0.1, 0.15) is 34.7 Å². The second-order valence-electron chi connectivity index (χ2n) is 8.20. The lowest BCUT2D eigenvalue weighted by Crippen LogP contribution is -2.36. The molecule has 33 heavy (non-hydrogen) atoms. The van der Waals surface area contributed by atoms with E-state index >= 15 is 0 Å². The highest BCUT2D eigenvalue weighted by atomic mass is 16.4. The number of nitrogens with one attached hydrogen (secondary N) is 2. The van der Waals surface area contributed by atoms with E-state index in [9.17, 15) is 24.6 Å². The van der Waals surface area contributed by atoms with Gasteiger partial charge in [-0.1, -0.05) is 47.5 Å². The summed E-state index contributed by atoms with van der Waals surface area (Å²) < 4.78 is 1.24. The van der Waals surface area contributed by atoms with Crippen molar-refractivity contribution in [2.24, 2.45) is 7.05 Å². The van der Waals surface area contributed by atoms with Crippen LogP contribution in [0.4, 0.5) is 10.5 Å². The molecule has 0 saturated heterocycles. The van der Waals surface area contributed by atoms with Gasteiger partial charge in [-0.05, 0) is 43.5 Å². The second kappa shape index (κ2) is 9.60. The van der Waals surface area contributed by atoms with Crippen molar-refractivity contribution < 1.29 is 19.8 Å². The number of pyridine rings is 1. The van der Waals surface area contributed by atoms with Crippen molar-refractivity contribution >= 4 is 17.7 Å². The number of aryl methyl sites for hydroxylation is 4. The number of carbonyl (C=O) groups is 2. The number of aromatic hydroxyl groups is 1. The van der Waals surface area contributed by atoms with Gasteiger partial charge in [-0.15, -0.1) is 0 Å². The lowest BCUT2D eigenvalue weighted by Gasteiger charge is -2.19.